The van der Waals surface area contributed by atoms with Crippen molar-refractivity contribution in [2.45, 2.75) is 53.9 Å². The van der Waals surface area contributed by atoms with E-state index in [1.807, 2.05) is 31.2 Å². The van der Waals surface area contributed by atoms with Crippen molar-refractivity contribution in [2.24, 2.45) is 5.41 Å². The highest BCUT2D eigenvalue weighted by molar-refractivity contribution is 8.26. The van der Waals surface area contributed by atoms with Crippen molar-refractivity contribution in [3.8, 4) is 0 Å². The molecule has 1 aliphatic heterocycles. The standard InChI is InChI=1S/C23H29NOS2/c1-16(11-13-19-18(3)10-7-15-23(19,4)5)8-6-9-17(2)12-14-20-21(25)24-22(26)27-20/h6,8-9,11-14H,7,10,15H2,1-5H3,(H,24,25,26). The Morgan fingerprint density at radius 2 is 1.89 bits per heavy atom. The summed E-state index contributed by atoms with van der Waals surface area (Å²) in [6.45, 7) is 11.1. The van der Waals surface area contributed by atoms with Crippen molar-refractivity contribution in [1.82, 2.24) is 5.32 Å². The molecule has 1 saturated heterocycles. The molecule has 0 spiro atoms. The van der Waals surface area contributed by atoms with Gasteiger partial charge in [-0.25, -0.2) is 0 Å². The Kier molecular flexibility index (Phi) is 7.63. The van der Waals surface area contributed by atoms with Crippen molar-refractivity contribution < 1.29 is 4.79 Å². The lowest BCUT2D eigenvalue weighted by atomic mass is 9.72. The Bertz CT molecular complexity index is 804. The molecular formula is C23H29NOS2. The lowest BCUT2D eigenvalue weighted by Gasteiger charge is -2.32. The smallest absolute Gasteiger partial charge is 0.263 e. The number of hydrogen-bond acceptors (Lipinski definition) is 3. The molecule has 1 N–H and O–H groups in total. The minimum atomic E-state index is -0.117. The summed E-state index contributed by atoms with van der Waals surface area (Å²) >= 11 is 6.29. The fourth-order valence-corrected chi connectivity index (χ4v) is 4.32. The summed E-state index contributed by atoms with van der Waals surface area (Å²) in [5, 5.41) is 2.62. The topological polar surface area (TPSA) is 29.1 Å². The van der Waals surface area contributed by atoms with E-state index < -0.39 is 0 Å². The number of allylic oxidation sites excluding steroid dienone is 11. The fraction of sp³-hybridized carbons (Fsp3) is 0.391. The molecule has 0 aromatic rings. The Hall–Kier alpha value is -1.65. The normalized spacial score (nSPS) is 23.2. The number of amides is 1. The molecular weight excluding hydrogens is 370 g/mol. The summed E-state index contributed by atoms with van der Waals surface area (Å²) in [6, 6.07) is 0. The lowest BCUT2D eigenvalue weighted by molar-refractivity contribution is -0.115. The summed E-state index contributed by atoms with van der Waals surface area (Å²) < 4.78 is 0.518. The number of thiocarbonyl (C=S) groups is 1. The van der Waals surface area contributed by atoms with Gasteiger partial charge in [0.05, 0.1) is 4.91 Å². The van der Waals surface area contributed by atoms with Crippen LogP contribution in [-0.4, -0.2) is 10.2 Å². The van der Waals surface area contributed by atoms with Crippen molar-refractivity contribution >= 4 is 34.2 Å². The molecule has 1 fully saturated rings. The van der Waals surface area contributed by atoms with Crippen molar-refractivity contribution in [2.75, 3.05) is 0 Å². The average molecular weight is 400 g/mol. The van der Waals surface area contributed by atoms with Crippen LogP contribution < -0.4 is 5.32 Å². The molecule has 0 atom stereocenters. The molecule has 1 aliphatic carbocycles. The molecule has 2 nitrogen and oxygen atoms in total. The monoisotopic (exact) mass is 399 g/mol. The van der Waals surface area contributed by atoms with E-state index >= 15 is 0 Å². The number of carbonyl (C=O) groups excluding carboxylic acids is 1. The summed E-state index contributed by atoms with van der Waals surface area (Å²) in [5.74, 6) is -0.117. The van der Waals surface area contributed by atoms with Crippen molar-refractivity contribution in [3.63, 3.8) is 0 Å². The fourth-order valence-electron chi connectivity index (χ4n) is 3.33. The molecule has 0 bridgehead atoms. The van der Waals surface area contributed by atoms with E-state index in [2.05, 4.69) is 51.2 Å². The molecule has 2 rings (SSSR count). The van der Waals surface area contributed by atoms with Gasteiger partial charge in [-0.05, 0) is 57.1 Å². The number of nitrogens with one attached hydrogen (secondary N) is 1. The van der Waals surface area contributed by atoms with Crippen LogP contribution in [0.25, 0.3) is 0 Å². The third-order valence-electron chi connectivity index (χ3n) is 4.91. The van der Waals surface area contributed by atoms with Gasteiger partial charge in [0.1, 0.15) is 4.32 Å². The Balaban J connectivity index is 2.00. The van der Waals surface area contributed by atoms with Crippen LogP contribution in [0.5, 0.6) is 0 Å². The SMILES string of the molecule is CC(C=CC1=C(C)CCCC1(C)C)=CC=CC(C)=CC=C1SC(=S)NC1=O. The molecule has 0 saturated carbocycles. The van der Waals surface area contributed by atoms with Crippen LogP contribution in [0, 0.1) is 5.41 Å². The molecule has 2 aliphatic rings. The van der Waals surface area contributed by atoms with Gasteiger partial charge in [-0.1, -0.05) is 91.0 Å². The first-order chi connectivity index (χ1) is 12.7. The van der Waals surface area contributed by atoms with Crippen LogP contribution in [-0.2, 0) is 4.79 Å². The molecule has 1 heterocycles. The van der Waals surface area contributed by atoms with Gasteiger partial charge in [-0.2, -0.15) is 0 Å². The minimum absolute atomic E-state index is 0.117. The van der Waals surface area contributed by atoms with Crippen LogP contribution >= 0.6 is 24.0 Å². The highest BCUT2D eigenvalue weighted by atomic mass is 32.2. The molecule has 0 radical (unpaired) electrons. The first kappa shape index (κ1) is 21.6. The van der Waals surface area contributed by atoms with Crippen LogP contribution in [0.4, 0.5) is 0 Å². The number of carbonyl (C=O) groups is 1. The molecule has 4 heteroatoms. The quantitative estimate of drug-likeness (QED) is 0.323. The van der Waals surface area contributed by atoms with Gasteiger partial charge < -0.3 is 5.32 Å². The predicted octanol–water partition coefficient (Wildman–Crippen LogP) is 6.55. The summed E-state index contributed by atoms with van der Waals surface area (Å²) in [5.41, 5.74) is 5.57. The second-order valence-electron chi connectivity index (χ2n) is 7.82. The zero-order chi connectivity index (χ0) is 20.0. The number of thioether (sulfide) groups is 1. The maximum absolute atomic E-state index is 11.6. The van der Waals surface area contributed by atoms with Gasteiger partial charge in [0.15, 0.2) is 0 Å². The maximum Gasteiger partial charge on any atom is 0.263 e. The summed E-state index contributed by atoms with van der Waals surface area (Å²) in [7, 11) is 0. The molecule has 1 amide bonds. The van der Waals surface area contributed by atoms with Crippen LogP contribution in [0.2, 0.25) is 0 Å². The van der Waals surface area contributed by atoms with Gasteiger partial charge in [0, 0.05) is 0 Å². The number of hydrogen-bond donors (Lipinski definition) is 1. The first-order valence-corrected chi connectivity index (χ1v) is 10.6. The zero-order valence-electron chi connectivity index (χ0n) is 16.9. The molecule has 27 heavy (non-hydrogen) atoms. The van der Waals surface area contributed by atoms with E-state index in [0.29, 0.717) is 9.23 Å². The summed E-state index contributed by atoms with van der Waals surface area (Å²) in [4.78, 5) is 12.3. The highest BCUT2D eigenvalue weighted by Crippen LogP contribution is 2.40. The van der Waals surface area contributed by atoms with Gasteiger partial charge in [-0.15, -0.1) is 0 Å². The predicted molar refractivity (Wildman–Crippen MR) is 123 cm³/mol. The third kappa shape index (κ3) is 6.47. The van der Waals surface area contributed by atoms with Gasteiger partial charge in [-0.3, -0.25) is 4.79 Å². The summed E-state index contributed by atoms with van der Waals surface area (Å²) in [6.07, 6.45) is 18.2. The highest BCUT2D eigenvalue weighted by Gasteiger charge is 2.26. The van der Waals surface area contributed by atoms with E-state index in [9.17, 15) is 4.79 Å². The van der Waals surface area contributed by atoms with Crippen LogP contribution in [0.15, 0.2) is 69.7 Å². The third-order valence-corrected chi connectivity index (χ3v) is 6.09. The van der Waals surface area contributed by atoms with E-state index in [-0.39, 0.29) is 11.3 Å². The second kappa shape index (κ2) is 9.52. The Morgan fingerprint density at radius 1 is 1.19 bits per heavy atom. The maximum atomic E-state index is 11.6. The minimum Gasteiger partial charge on any atom is -0.307 e. The van der Waals surface area contributed by atoms with E-state index in [4.69, 9.17) is 12.2 Å². The van der Waals surface area contributed by atoms with Crippen LogP contribution in [0.3, 0.4) is 0 Å². The number of rotatable bonds is 5. The zero-order valence-corrected chi connectivity index (χ0v) is 18.5. The average Bonchev–Trinajstić information content (AvgIpc) is 2.89. The van der Waals surface area contributed by atoms with E-state index in [1.165, 1.54) is 47.7 Å². The molecule has 144 valence electrons. The lowest BCUT2D eigenvalue weighted by Crippen LogP contribution is -2.19. The first-order valence-electron chi connectivity index (χ1n) is 9.34. The largest absolute Gasteiger partial charge is 0.307 e. The van der Waals surface area contributed by atoms with Gasteiger partial charge in [0.25, 0.3) is 5.91 Å². The van der Waals surface area contributed by atoms with E-state index in [1.54, 1.807) is 0 Å². The Labute approximate surface area is 173 Å². The van der Waals surface area contributed by atoms with Crippen LogP contribution in [0.1, 0.15) is 53.9 Å². The molecule has 0 aromatic carbocycles. The van der Waals surface area contributed by atoms with Gasteiger partial charge in [0.2, 0.25) is 0 Å². The van der Waals surface area contributed by atoms with E-state index in [0.717, 1.165) is 5.57 Å². The molecule has 0 aromatic heterocycles. The second-order valence-corrected chi connectivity index (χ2v) is 9.54. The van der Waals surface area contributed by atoms with Crippen molar-refractivity contribution in [1.29, 1.82) is 0 Å². The van der Waals surface area contributed by atoms with Gasteiger partial charge >= 0.3 is 0 Å². The Morgan fingerprint density at radius 3 is 2.52 bits per heavy atom. The van der Waals surface area contributed by atoms with Crippen molar-refractivity contribution in [3.05, 3.63) is 69.7 Å². The molecule has 0 unspecified atom stereocenters.